The fraction of sp³-hybridized carbons (Fsp3) is 0.632. The van der Waals surface area contributed by atoms with E-state index in [2.05, 4.69) is 5.32 Å². The Morgan fingerprint density at radius 1 is 1.35 bits per heavy atom. The van der Waals surface area contributed by atoms with Crippen LogP contribution in [0.2, 0.25) is 0 Å². The molecule has 1 aliphatic heterocycles. The third-order valence-electron chi connectivity index (χ3n) is 5.21. The lowest BCUT2D eigenvalue weighted by molar-refractivity contribution is -0.125. The van der Waals surface area contributed by atoms with Crippen molar-refractivity contribution in [1.29, 1.82) is 0 Å². The van der Waals surface area contributed by atoms with Crippen LogP contribution in [-0.4, -0.2) is 22.7 Å². The number of amides is 1. The van der Waals surface area contributed by atoms with Crippen molar-refractivity contribution in [2.45, 2.75) is 70.1 Å². The molecule has 4 nitrogen and oxygen atoms in total. The van der Waals surface area contributed by atoms with Gasteiger partial charge in [-0.05, 0) is 37.7 Å². The molecule has 1 aromatic carbocycles. The zero-order valence-electron chi connectivity index (χ0n) is 14.0. The molecule has 3 rings (SSSR count). The molecule has 1 saturated carbocycles. The SMILES string of the molecule is CC(C)C(O)CC(=O)NC1CC2(CCCC2)Oc2ccccc21. The Balaban J connectivity index is 1.76. The van der Waals surface area contributed by atoms with E-state index >= 15 is 0 Å². The predicted molar refractivity (Wildman–Crippen MR) is 89.2 cm³/mol. The van der Waals surface area contributed by atoms with Gasteiger partial charge in [-0.3, -0.25) is 4.79 Å². The molecule has 1 amide bonds. The summed E-state index contributed by atoms with van der Waals surface area (Å²) >= 11 is 0. The van der Waals surface area contributed by atoms with Crippen LogP contribution < -0.4 is 10.1 Å². The Morgan fingerprint density at radius 2 is 2.04 bits per heavy atom. The summed E-state index contributed by atoms with van der Waals surface area (Å²) in [6, 6.07) is 7.97. The summed E-state index contributed by atoms with van der Waals surface area (Å²) in [5.74, 6) is 0.903. The summed E-state index contributed by atoms with van der Waals surface area (Å²) in [7, 11) is 0. The first-order valence-corrected chi connectivity index (χ1v) is 8.74. The molecule has 2 unspecified atom stereocenters. The van der Waals surface area contributed by atoms with Crippen molar-refractivity contribution in [3.05, 3.63) is 29.8 Å². The van der Waals surface area contributed by atoms with Gasteiger partial charge < -0.3 is 15.2 Å². The zero-order chi connectivity index (χ0) is 16.4. The van der Waals surface area contributed by atoms with Crippen LogP contribution in [0.15, 0.2) is 24.3 Å². The van der Waals surface area contributed by atoms with Gasteiger partial charge in [0.05, 0.1) is 18.6 Å². The van der Waals surface area contributed by atoms with Gasteiger partial charge in [-0.1, -0.05) is 32.0 Å². The first-order chi connectivity index (χ1) is 11.0. The largest absolute Gasteiger partial charge is 0.487 e. The van der Waals surface area contributed by atoms with Gasteiger partial charge in [-0.25, -0.2) is 0 Å². The highest BCUT2D eigenvalue weighted by atomic mass is 16.5. The van der Waals surface area contributed by atoms with Crippen LogP contribution in [0.25, 0.3) is 0 Å². The van der Waals surface area contributed by atoms with Crippen molar-refractivity contribution >= 4 is 5.91 Å². The summed E-state index contributed by atoms with van der Waals surface area (Å²) in [5, 5.41) is 13.1. The maximum atomic E-state index is 12.3. The molecule has 1 spiro atoms. The number of carbonyl (C=O) groups excluding carboxylic acids is 1. The minimum atomic E-state index is -0.592. The Morgan fingerprint density at radius 3 is 2.74 bits per heavy atom. The average Bonchev–Trinajstić information content (AvgIpc) is 2.94. The number of rotatable bonds is 4. The van der Waals surface area contributed by atoms with Gasteiger partial charge >= 0.3 is 0 Å². The van der Waals surface area contributed by atoms with Crippen molar-refractivity contribution in [2.24, 2.45) is 5.92 Å². The van der Waals surface area contributed by atoms with Gasteiger partial charge in [0.1, 0.15) is 11.4 Å². The van der Waals surface area contributed by atoms with Crippen LogP contribution in [-0.2, 0) is 4.79 Å². The van der Waals surface area contributed by atoms with Gasteiger partial charge in [0.25, 0.3) is 0 Å². The van der Waals surface area contributed by atoms with Gasteiger partial charge in [0.15, 0.2) is 0 Å². The molecule has 0 aromatic heterocycles. The minimum absolute atomic E-state index is 0.0232. The van der Waals surface area contributed by atoms with Crippen LogP contribution in [0.4, 0.5) is 0 Å². The van der Waals surface area contributed by atoms with Crippen molar-refractivity contribution in [2.75, 3.05) is 0 Å². The first kappa shape index (κ1) is 16.3. The van der Waals surface area contributed by atoms with Gasteiger partial charge in [-0.15, -0.1) is 0 Å². The Kier molecular flexibility index (Phi) is 4.62. The van der Waals surface area contributed by atoms with Gasteiger partial charge in [0, 0.05) is 12.0 Å². The lowest BCUT2D eigenvalue weighted by atomic mass is 9.85. The maximum Gasteiger partial charge on any atom is 0.223 e. The van der Waals surface area contributed by atoms with E-state index in [1.54, 1.807) is 0 Å². The molecule has 0 bridgehead atoms. The first-order valence-electron chi connectivity index (χ1n) is 8.74. The number of aliphatic hydroxyl groups is 1. The number of benzene rings is 1. The van der Waals surface area contributed by atoms with E-state index in [1.165, 1.54) is 12.8 Å². The Hall–Kier alpha value is -1.55. The monoisotopic (exact) mass is 317 g/mol. The number of hydrogen-bond donors (Lipinski definition) is 2. The van der Waals surface area contributed by atoms with Crippen LogP contribution in [0.1, 0.15) is 64.0 Å². The van der Waals surface area contributed by atoms with Crippen LogP contribution in [0.5, 0.6) is 5.75 Å². The van der Waals surface area contributed by atoms with Crippen molar-refractivity contribution in [3.8, 4) is 5.75 Å². The topological polar surface area (TPSA) is 58.6 Å². The highest BCUT2D eigenvalue weighted by molar-refractivity contribution is 5.77. The second kappa shape index (κ2) is 6.52. The molecule has 1 fully saturated rings. The number of aliphatic hydroxyl groups excluding tert-OH is 1. The lowest BCUT2D eigenvalue weighted by Gasteiger charge is -2.40. The Labute approximate surface area is 138 Å². The molecule has 1 aromatic rings. The smallest absolute Gasteiger partial charge is 0.223 e. The second-order valence-corrected chi connectivity index (χ2v) is 7.37. The third kappa shape index (κ3) is 3.52. The van der Waals surface area contributed by atoms with Crippen LogP contribution in [0, 0.1) is 5.92 Å². The lowest BCUT2D eigenvalue weighted by Crippen LogP contribution is -2.44. The third-order valence-corrected chi connectivity index (χ3v) is 5.21. The van der Waals surface area contributed by atoms with E-state index in [0.29, 0.717) is 0 Å². The number of nitrogens with one attached hydrogen (secondary N) is 1. The molecule has 2 N–H and O–H groups in total. The van der Waals surface area contributed by atoms with E-state index in [4.69, 9.17) is 4.74 Å². The van der Waals surface area contributed by atoms with Crippen molar-refractivity contribution < 1.29 is 14.6 Å². The van der Waals surface area contributed by atoms with E-state index < -0.39 is 6.10 Å². The summed E-state index contributed by atoms with van der Waals surface area (Å²) in [6.45, 7) is 3.85. The summed E-state index contributed by atoms with van der Waals surface area (Å²) in [4.78, 5) is 12.3. The molecule has 2 atom stereocenters. The summed E-state index contributed by atoms with van der Waals surface area (Å²) in [6.07, 6.45) is 4.89. The van der Waals surface area contributed by atoms with Gasteiger partial charge in [0.2, 0.25) is 5.91 Å². The van der Waals surface area contributed by atoms with Crippen molar-refractivity contribution in [1.82, 2.24) is 5.32 Å². The number of hydrogen-bond acceptors (Lipinski definition) is 3. The number of para-hydroxylation sites is 1. The molecular weight excluding hydrogens is 290 g/mol. The molecular formula is C19H27NO3. The molecule has 23 heavy (non-hydrogen) atoms. The number of ether oxygens (including phenoxy) is 1. The summed E-state index contributed by atoms with van der Waals surface area (Å²) in [5.41, 5.74) is 0.931. The molecule has 1 aliphatic carbocycles. The molecule has 4 heteroatoms. The second-order valence-electron chi connectivity index (χ2n) is 7.37. The van der Waals surface area contributed by atoms with E-state index in [1.807, 2.05) is 38.1 Å². The predicted octanol–water partition coefficient (Wildman–Crippen LogP) is 3.35. The summed E-state index contributed by atoms with van der Waals surface area (Å²) < 4.78 is 6.31. The fourth-order valence-corrected chi connectivity index (χ4v) is 3.75. The zero-order valence-corrected chi connectivity index (χ0v) is 14.0. The maximum absolute atomic E-state index is 12.3. The average molecular weight is 317 g/mol. The quantitative estimate of drug-likeness (QED) is 0.895. The van der Waals surface area contributed by atoms with Crippen LogP contribution >= 0.6 is 0 Å². The molecule has 0 saturated heterocycles. The fourth-order valence-electron chi connectivity index (χ4n) is 3.75. The van der Waals surface area contributed by atoms with E-state index in [9.17, 15) is 9.90 Å². The molecule has 2 aliphatic rings. The van der Waals surface area contributed by atoms with Crippen molar-refractivity contribution in [3.63, 3.8) is 0 Å². The standard InChI is InChI=1S/C19H27NO3/c1-13(2)16(21)11-18(22)20-15-12-19(9-5-6-10-19)23-17-8-4-3-7-14(15)17/h3-4,7-8,13,15-16,21H,5-6,9-12H2,1-2H3,(H,20,22). The van der Waals surface area contributed by atoms with E-state index in [-0.39, 0.29) is 29.9 Å². The highest BCUT2D eigenvalue weighted by Gasteiger charge is 2.43. The number of fused-ring (bicyclic) bond motifs is 1. The Bertz CT molecular complexity index is 563. The molecule has 1 heterocycles. The van der Waals surface area contributed by atoms with Gasteiger partial charge in [-0.2, -0.15) is 0 Å². The van der Waals surface area contributed by atoms with E-state index in [0.717, 1.165) is 30.6 Å². The van der Waals surface area contributed by atoms with Crippen LogP contribution in [0.3, 0.4) is 0 Å². The highest BCUT2D eigenvalue weighted by Crippen LogP contribution is 2.46. The normalized spacial score (nSPS) is 23.4. The number of carbonyl (C=O) groups is 1. The molecule has 126 valence electrons. The molecule has 0 radical (unpaired) electrons. The minimum Gasteiger partial charge on any atom is -0.487 e.